The average Bonchev–Trinajstić information content (AvgIpc) is 2.48. The third-order valence-corrected chi connectivity index (χ3v) is 5.06. The summed E-state index contributed by atoms with van der Waals surface area (Å²) in [5, 5.41) is 0. The molecule has 0 aliphatic carbocycles. The fourth-order valence-corrected chi connectivity index (χ4v) is 3.30. The minimum absolute atomic E-state index is 0.592. The molecule has 0 fully saturated rings. The minimum atomic E-state index is 0.592. The molecule has 1 aromatic carbocycles. The second kappa shape index (κ2) is 9.21. The summed E-state index contributed by atoms with van der Waals surface area (Å²) in [6.07, 6.45) is 12.3. The van der Waals surface area contributed by atoms with E-state index in [0.717, 1.165) is 0 Å². The van der Waals surface area contributed by atoms with E-state index in [9.17, 15) is 0 Å². The summed E-state index contributed by atoms with van der Waals surface area (Å²) in [7, 11) is 0. The number of rotatable bonds is 10. The Morgan fingerprint density at radius 3 is 1.95 bits per heavy atom. The molecule has 1 rings (SSSR count). The smallest absolute Gasteiger partial charge is 0.0271 e. The molecule has 0 N–H and O–H groups in total. The zero-order valence-corrected chi connectivity index (χ0v) is 14.2. The van der Waals surface area contributed by atoms with Crippen molar-refractivity contribution in [3.05, 3.63) is 35.4 Å². The van der Waals surface area contributed by atoms with Crippen molar-refractivity contribution in [3.8, 4) is 0 Å². The zero-order valence-electron chi connectivity index (χ0n) is 14.2. The van der Waals surface area contributed by atoms with E-state index >= 15 is 0 Å². The summed E-state index contributed by atoms with van der Waals surface area (Å²) < 4.78 is 0. The Hall–Kier alpha value is -0.780. The van der Waals surface area contributed by atoms with Crippen LogP contribution >= 0.6 is 0 Å². The molecular weight excluding hydrogens is 240 g/mol. The van der Waals surface area contributed by atoms with E-state index < -0.39 is 0 Å². The summed E-state index contributed by atoms with van der Waals surface area (Å²) >= 11 is 0. The van der Waals surface area contributed by atoms with Gasteiger partial charge >= 0.3 is 0 Å². The van der Waals surface area contributed by atoms with Crippen molar-refractivity contribution in [1.29, 1.82) is 0 Å². The summed E-state index contributed by atoms with van der Waals surface area (Å²) in [5.41, 5.74) is 3.61. The minimum Gasteiger partial charge on any atom is -0.0654 e. The maximum atomic E-state index is 2.41. The molecule has 0 atom stereocenters. The lowest BCUT2D eigenvalue weighted by atomic mass is 9.72. The highest BCUT2D eigenvalue weighted by atomic mass is 14.3. The van der Waals surface area contributed by atoms with Gasteiger partial charge in [0, 0.05) is 0 Å². The van der Waals surface area contributed by atoms with Gasteiger partial charge in [-0.15, -0.1) is 0 Å². The summed E-state index contributed by atoms with van der Waals surface area (Å²) in [4.78, 5) is 0. The molecule has 0 radical (unpaired) electrons. The number of unbranched alkanes of at least 4 members (excludes halogenated alkanes) is 2. The topological polar surface area (TPSA) is 0 Å². The quantitative estimate of drug-likeness (QED) is 0.445. The molecule has 0 saturated heterocycles. The van der Waals surface area contributed by atoms with Crippen molar-refractivity contribution in [2.24, 2.45) is 5.41 Å². The van der Waals surface area contributed by atoms with Crippen LogP contribution in [-0.4, -0.2) is 0 Å². The van der Waals surface area contributed by atoms with Crippen LogP contribution in [0.15, 0.2) is 24.3 Å². The average molecular weight is 274 g/mol. The van der Waals surface area contributed by atoms with Gasteiger partial charge in [-0.3, -0.25) is 0 Å². The van der Waals surface area contributed by atoms with E-state index in [4.69, 9.17) is 0 Å². The van der Waals surface area contributed by atoms with Crippen molar-refractivity contribution in [1.82, 2.24) is 0 Å². The largest absolute Gasteiger partial charge is 0.0654 e. The second-order valence-electron chi connectivity index (χ2n) is 6.49. The Labute approximate surface area is 127 Å². The SMILES string of the molecule is CCCCC(CC)(CCCC)CCc1ccccc1C. The molecule has 0 amide bonds. The van der Waals surface area contributed by atoms with Crippen LogP contribution in [0.5, 0.6) is 0 Å². The monoisotopic (exact) mass is 274 g/mol. The van der Waals surface area contributed by atoms with Crippen LogP contribution in [0.25, 0.3) is 0 Å². The van der Waals surface area contributed by atoms with Crippen LogP contribution in [0.3, 0.4) is 0 Å². The van der Waals surface area contributed by atoms with Crippen LogP contribution in [0.1, 0.15) is 83.3 Å². The Balaban J connectivity index is 2.69. The zero-order chi connectivity index (χ0) is 14.8. The maximum Gasteiger partial charge on any atom is -0.0271 e. The lowest BCUT2D eigenvalue weighted by Gasteiger charge is -2.33. The van der Waals surface area contributed by atoms with Crippen molar-refractivity contribution < 1.29 is 0 Å². The van der Waals surface area contributed by atoms with Gasteiger partial charge in [0.25, 0.3) is 0 Å². The van der Waals surface area contributed by atoms with Gasteiger partial charge in [0.2, 0.25) is 0 Å². The number of benzene rings is 1. The van der Waals surface area contributed by atoms with Crippen LogP contribution in [0.2, 0.25) is 0 Å². The predicted octanol–water partition coefficient (Wildman–Crippen LogP) is 6.70. The van der Waals surface area contributed by atoms with Crippen LogP contribution in [0, 0.1) is 12.3 Å². The third-order valence-electron chi connectivity index (χ3n) is 5.06. The van der Waals surface area contributed by atoms with E-state index in [1.807, 2.05) is 0 Å². The number of aryl methyl sites for hydroxylation is 2. The fraction of sp³-hybridized carbons (Fsp3) is 0.700. The van der Waals surface area contributed by atoms with Gasteiger partial charge in [0.05, 0.1) is 0 Å². The molecule has 0 aliphatic rings. The van der Waals surface area contributed by atoms with Gasteiger partial charge in [-0.2, -0.15) is 0 Å². The lowest BCUT2D eigenvalue weighted by molar-refractivity contribution is 0.196. The molecule has 0 heterocycles. The van der Waals surface area contributed by atoms with Crippen molar-refractivity contribution in [2.75, 3.05) is 0 Å². The van der Waals surface area contributed by atoms with Crippen molar-refractivity contribution in [3.63, 3.8) is 0 Å². The van der Waals surface area contributed by atoms with E-state index in [0.29, 0.717) is 5.41 Å². The maximum absolute atomic E-state index is 2.41. The molecule has 20 heavy (non-hydrogen) atoms. The normalized spacial score (nSPS) is 11.8. The molecule has 0 bridgehead atoms. The van der Waals surface area contributed by atoms with Crippen molar-refractivity contribution >= 4 is 0 Å². The molecule has 1 aromatic rings. The van der Waals surface area contributed by atoms with Gasteiger partial charge in [-0.1, -0.05) is 77.1 Å². The van der Waals surface area contributed by atoms with E-state index in [1.165, 1.54) is 63.4 Å². The van der Waals surface area contributed by atoms with E-state index in [2.05, 4.69) is 52.0 Å². The summed E-state index contributed by atoms with van der Waals surface area (Å²) in [6, 6.07) is 8.91. The first-order valence-corrected chi connectivity index (χ1v) is 8.72. The van der Waals surface area contributed by atoms with E-state index in [-0.39, 0.29) is 0 Å². The highest BCUT2D eigenvalue weighted by molar-refractivity contribution is 5.25. The highest BCUT2D eigenvalue weighted by Crippen LogP contribution is 2.39. The summed E-state index contributed by atoms with van der Waals surface area (Å²) in [5.74, 6) is 0. The van der Waals surface area contributed by atoms with E-state index in [1.54, 1.807) is 5.56 Å². The second-order valence-corrected chi connectivity index (χ2v) is 6.49. The molecule has 114 valence electrons. The number of hydrogen-bond donors (Lipinski definition) is 0. The molecular formula is C20H34. The molecule has 0 spiro atoms. The lowest BCUT2D eigenvalue weighted by Crippen LogP contribution is -2.21. The standard InChI is InChI=1S/C20H34/c1-5-8-15-20(7-3,16-9-6-2)17-14-19-13-11-10-12-18(19)4/h10-13H,5-9,14-17H2,1-4H3. The van der Waals surface area contributed by atoms with Gasteiger partial charge in [-0.05, 0) is 49.1 Å². The first-order chi connectivity index (χ1) is 9.67. The van der Waals surface area contributed by atoms with Gasteiger partial charge < -0.3 is 0 Å². The molecule has 0 saturated carbocycles. The Morgan fingerprint density at radius 1 is 0.850 bits per heavy atom. The van der Waals surface area contributed by atoms with Gasteiger partial charge in [-0.25, -0.2) is 0 Å². The van der Waals surface area contributed by atoms with Crippen molar-refractivity contribution in [2.45, 2.75) is 85.5 Å². The van der Waals surface area contributed by atoms with Gasteiger partial charge in [0.1, 0.15) is 0 Å². The third kappa shape index (κ3) is 5.31. The van der Waals surface area contributed by atoms with Crippen LogP contribution < -0.4 is 0 Å². The molecule has 0 aromatic heterocycles. The van der Waals surface area contributed by atoms with Gasteiger partial charge in [0.15, 0.2) is 0 Å². The molecule has 0 nitrogen and oxygen atoms in total. The highest BCUT2D eigenvalue weighted by Gasteiger charge is 2.26. The van der Waals surface area contributed by atoms with Crippen LogP contribution in [0.4, 0.5) is 0 Å². The summed E-state index contributed by atoms with van der Waals surface area (Å²) in [6.45, 7) is 9.30. The Bertz CT molecular complexity index is 356. The predicted molar refractivity (Wildman–Crippen MR) is 91.3 cm³/mol. The first kappa shape index (κ1) is 17.3. The van der Waals surface area contributed by atoms with Crippen LogP contribution in [-0.2, 0) is 6.42 Å². The fourth-order valence-electron chi connectivity index (χ4n) is 3.30. The molecule has 0 aliphatic heterocycles. The molecule has 0 heteroatoms. The number of hydrogen-bond acceptors (Lipinski definition) is 0. The Kier molecular flexibility index (Phi) is 7.95. The Morgan fingerprint density at radius 2 is 1.45 bits per heavy atom. The first-order valence-electron chi connectivity index (χ1n) is 8.72. The molecule has 0 unspecified atom stereocenters.